The number of nitrogens with zero attached hydrogens (tertiary/aromatic N) is 1. The van der Waals surface area contributed by atoms with Gasteiger partial charge in [-0.1, -0.05) is 27.2 Å². The average Bonchev–Trinajstić information content (AvgIpc) is 2.71. The van der Waals surface area contributed by atoms with Crippen LogP contribution in [0.3, 0.4) is 0 Å². The molecule has 0 saturated carbocycles. The van der Waals surface area contributed by atoms with Crippen molar-refractivity contribution in [3.05, 3.63) is 24.2 Å². The maximum atomic E-state index is 5.49. The van der Waals surface area contributed by atoms with Gasteiger partial charge in [0, 0.05) is 0 Å². The van der Waals surface area contributed by atoms with Gasteiger partial charge in [0.1, 0.15) is 5.76 Å². The van der Waals surface area contributed by atoms with E-state index in [4.69, 9.17) is 4.42 Å². The minimum absolute atomic E-state index is 0.463. The van der Waals surface area contributed by atoms with Gasteiger partial charge in [-0.3, -0.25) is 4.90 Å². The zero-order valence-electron chi connectivity index (χ0n) is 9.49. The highest BCUT2D eigenvalue weighted by Crippen LogP contribution is 2.25. The zero-order chi connectivity index (χ0) is 10.4. The van der Waals surface area contributed by atoms with E-state index in [0.29, 0.717) is 6.04 Å². The Morgan fingerprint density at radius 1 is 1.29 bits per heavy atom. The Morgan fingerprint density at radius 2 is 2.00 bits per heavy atom. The molecule has 1 atom stereocenters. The molecule has 1 unspecified atom stereocenters. The lowest BCUT2D eigenvalue weighted by molar-refractivity contribution is 0.181. The molecule has 0 fully saturated rings. The van der Waals surface area contributed by atoms with Crippen molar-refractivity contribution < 1.29 is 4.42 Å². The van der Waals surface area contributed by atoms with E-state index in [9.17, 15) is 0 Å². The van der Waals surface area contributed by atoms with Crippen LogP contribution >= 0.6 is 0 Å². The van der Waals surface area contributed by atoms with E-state index in [-0.39, 0.29) is 0 Å². The molecule has 0 saturated heterocycles. The highest BCUT2D eigenvalue weighted by molar-refractivity contribution is 5.04. The quantitative estimate of drug-likeness (QED) is 0.691. The number of furan rings is 1. The summed E-state index contributed by atoms with van der Waals surface area (Å²) in [6, 6.07) is 4.52. The first-order valence-corrected chi connectivity index (χ1v) is 5.60. The zero-order valence-corrected chi connectivity index (χ0v) is 9.49. The molecule has 0 aromatic carbocycles. The molecule has 2 nitrogen and oxygen atoms in total. The van der Waals surface area contributed by atoms with Gasteiger partial charge in [0.15, 0.2) is 0 Å². The fraction of sp³-hybridized carbons (Fsp3) is 0.667. The molecule has 14 heavy (non-hydrogen) atoms. The topological polar surface area (TPSA) is 16.4 Å². The minimum Gasteiger partial charge on any atom is -0.468 e. The fourth-order valence-corrected chi connectivity index (χ4v) is 1.92. The molecule has 0 N–H and O–H groups in total. The molecule has 0 amide bonds. The molecule has 0 aliphatic carbocycles. The largest absolute Gasteiger partial charge is 0.468 e. The van der Waals surface area contributed by atoms with Crippen LogP contribution in [0.25, 0.3) is 0 Å². The first kappa shape index (κ1) is 11.3. The molecule has 80 valence electrons. The smallest absolute Gasteiger partial charge is 0.120 e. The summed E-state index contributed by atoms with van der Waals surface area (Å²) < 4.78 is 5.49. The molecule has 0 spiro atoms. The third-order valence-corrected chi connectivity index (χ3v) is 2.69. The maximum Gasteiger partial charge on any atom is 0.120 e. The second kappa shape index (κ2) is 5.86. The van der Waals surface area contributed by atoms with Gasteiger partial charge >= 0.3 is 0 Å². The van der Waals surface area contributed by atoms with Gasteiger partial charge in [0.25, 0.3) is 0 Å². The lowest BCUT2D eigenvalue weighted by Crippen LogP contribution is -2.28. The molecule has 0 aliphatic heterocycles. The Kier molecular flexibility index (Phi) is 4.74. The molecule has 0 aliphatic rings. The van der Waals surface area contributed by atoms with E-state index in [1.54, 1.807) is 6.26 Å². The van der Waals surface area contributed by atoms with Crippen LogP contribution in [-0.2, 0) is 0 Å². The second-order valence-corrected chi connectivity index (χ2v) is 3.54. The Bertz CT molecular complexity index is 226. The van der Waals surface area contributed by atoms with Gasteiger partial charge in [-0.25, -0.2) is 0 Å². The summed E-state index contributed by atoms with van der Waals surface area (Å²) >= 11 is 0. The molecule has 1 rings (SSSR count). The summed E-state index contributed by atoms with van der Waals surface area (Å²) in [7, 11) is 0. The number of hydrogen-bond acceptors (Lipinski definition) is 2. The van der Waals surface area contributed by atoms with Crippen molar-refractivity contribution >= 4 is 0 Å². The third kappa shape index (κ3) is 2.61. The monoisotopic (exact) mass is 195 g/mol. The van der Waals surface area contributed by atoms with Gasteiger partial charge in [-0.2, -0.15) is 0 Å². The van der Waals surface area contributed by atoms with Crippen LogP contribution in [0.2, 0.25) is 0 Å². The van der Waals surface area contributed by atoms with Crippen molar-refractivity contribution in [2.24, 2.45) is 0 Å². The molecule has 1 aromatic heterocycles. The first-order valence-electron chi connectivity index (χ1n) is 5.60. The summed E-state index contributed by atoms with van der Waals surface area (Å²) in [4.78, 5) is 2.45. The van der Waals surface area contributed by atoms with Gasteiger partial charge in [-0.15, -0.1) is 0 Å². The van der Waals surface area contributed by atoms with Crippen LogP contribution in [0.1, 0.15) is 45.4 Å². The normalized spacial score (nSPS) is 13.4. The van der Waals surface area contributed by atoms with Crippen molar-refractivity contribution in [2.75, 3.05) is 13.1 Å². The SMILES string of the molecule is CCCC(c1ccco1)N(CC)CC. The van der Waals surface area contributed by atoms with Crippen LogP contribution in [0.5, 0.6) is 0 Å². The van der Waals surface area contributed by atoms with Crippen molar-refractivity contribution in [3.63, 3.8) is 0 Å². The predicted octanol–water partition coefficient (Wildman–Crippen LogP) is 3.46. The van der Waals surface area contributed by atoms with Crippen LogP contribution in [0.4, 0.5) is 0 Å². The van der Waals surface area contributed by atoms with Crippen molar-refractivity contribution in [2.45, 2.75) is 39.7 Å². The van der Waals surface area contributed by atoms with Gasteiger partial charge < -0.3 is 4.42 Å². The van der Waals surface area contributed by atoms with Crippen LogP contribution in [0.15, 0.2) is 22.8 Å². The van der Waals surface area contributed by atoms with Crippen molar-refractivity contribution in [1.29, 1.82) is 0 Å². The highest BCUT2D eigenvalue weighted by Gasteiger charge is 2.18. The maximum absolute atomic E-state index is 5.49. The summed E-state index contributed by atoms with van der Waals surface area (Å²) in [6.45, 7) is 8.80. The third-order valence-electron chi connectivity index (χ3n) is 2.69. The van der Waals surface area contributed by atoms with Crippen LogP contribution in [0, 0.1) is 0 Å². The van der Waals surface area contributed by atoms with Crippen LogP contribution < -0.4 is 0 Å². The van der Waals surface area contributed by atoms with Gasteiger partial charge in [0.2, 0.25) is 0 Å². The fourth-order valence-electron chi connectivity index (χ4n) is 1.92. The Balaban J connectivity index is 2.72. The van der Waals surface area contributed by atoms with E-state index in [2.05, 4.69) is 31.7 Å². The molecule has 0 radical (unpaired) electrons. The predicted molar refractivity (Wildman–Crippen MR) is 59.3 cm³/mol. The van der Waals surface area contributed by atoms with Gasteiger partial charge in [-0.05, 0) is 31.6 Å². The Hall–Kier alpha value is -0.760. The number of hydrogen-bond donors (Lipinski definition) is 0. The summed E-state index contributed by atoms with van der Waals surface area (Å²) in [5.74, 6) is 1.11. The van der Waals surface area contributed by atoms with E-state index < -0.39 is 0 Å². The summed E-state index contributed by atoms with van der Waals surface area (Å²) in [6.07, 6.45) is 4.14. The van der Waals surface area contributed by atoms with Gasteiger partial charge in [0.05, 0.1) is 12.3 Å². The minimum atomic E-state index is 0.463. The van der Waals surface area contributed by atoms with E-state index in [1.807, 2.05) is 6.07 Å². The molecule has 0 bridgehead atoms. The summed E-state index contributed by atoms with van der Waals surface area (Å²) in [5.41, 5.74) is 0. The molecule has 1 aromatic rings. The van der Waals surface area contributed by atoms with Crippen molar-refractivity contribution in [3.8, 4) is 0 Å². The average molecular weight is 195 g/mol. The lowest BCUT2D eigenvalue weighted by atomic mass is 10.1. The van der Waals surface area contributed by atoms with E-state index in [0.717, 1.165) is 18.8 Å². The second-order valence-electron chi connectivity index (χ2n) is 3.54. The molecule has 2 heteroatoms. The van der Waals surface area contributed by atoms with Crippen LogP contribution in [-0.4, -0.2) is 18.0 Å². The van der Waals surface area contributed by atoms with Crippen molar-refractivity contribution in [1.82, 2.24) is 4.90 Å². The lowest BCUT2D eigenvalue weighted by Gasteiger charge is -2.27. The summed E-state index contributed by atoms with van der Waals surface area (Å²) in [5, 5.41) is 0. The first-order chi connectivity index (χ1) is 6.83. The standard InChI is InChI=1S/C12H21NO/c1-4-8-11(13(5-2)6-3)12-9-7-10-14-12/h7,9-11H,4-6,8H2,1-3H3. The molecule has 1 heterocycles. The molecular weight excluding hydrogens is 174 g/mol. The highest BCUT2D eigenvalue weighted by atomic mass is 16.3. The Labute approximate surface area is 86.9 Å². The number of rotatable bonds is 6. The Morgan fingerprint density at radius 3 is 2.43 bits per heavy atom. The van der Waals surface area contributed by atoms with E-state index >= 15 is 0 Å². The van der Waals surface area contributed by atoms with E-state index in [1.165, 1.54) is 12.8 Å². The molecular formula is C12H21NO.